The molecule has 0 aromatic carbocycles. The van der Waals surface area contributed by atoms with Crippen LogP contribution in [-0.4, -0.2) is 22.6 Å². The summed E-state index contributed by atoms with van der Waals surface area (Å²) in [6, 6.07) is 4.74. The molecule has 0 aliphatic heterocycles. The highest BCUT2D eigenvalue weighted by Gasteiger charge is 2.09. The van der Waals surface area contributed by atoms with Gasteiger partial charge in [-0.05, 0) is 25.5 Å². The summed E-state index contributed by atoms with van der Waals surface area (Å²) in [4.78, 5) is 11.9. The third kappa shape index (κ3) is 5.92. The lowest BCUT2D eigenvalue weighted by Gasteiger charge is -2.15. The second-order valence-corrected chi connectivity index (χ2v) is 5.42. The molecule has 0 aliphatic rings. The van der Waals surface area contributed by atoms with Crippen molar-refractivity contribution in [3.63, 3.8) is 0 Å². The zero-order chi connectivity index (χ0) is 14.3. The number of nitrogens with zero attached hydrogens (tertiary/aromatic N) is 1. The molecule has 4 nitrogen and oxygen atoms in total. The molecule has 0 fully saturated rings. The highest BCUT2D eigenvalue weighted by Crippen LogP contribution is 2.03. The molecular formula is C15H27N3O. The monoisotopic (exact) mass is 265 g/mol. The molecule has 1 aromatic rings. The fraction of sp³-hybridized carbons (Fsp3) is 0.667. The van der Waals surface area contributed by atoms with Crippen LogP contribution in [0.5, 0.6) is 0 Å². The first-order chi connectivity index (χ1) is 9.02. The van der Waals surface area contributed by atoms with Crippen LogP contribution in [0.15, 0.2) is 18.3 Å². The summed E-state index contributed by atoms with van der Waals surface area (Å²) in [6.07, 6.45) is 4.08. The maximum atomic E-state index is 11.9. The Morgan fingerprint density at radius 1 is 1.37 bits per heavy atom. The Kier molecular flexibility index (Phi) is 6.64. The van der Waals surface area contributed by atoms with Crippen LogP contribution < -0.4 is 10.6 Å². The van der Waals surface area contributed by atoms with Crippen molar-refractivity contribution in [1.29, 1.82) is 0 Å². The number of carbonyl (C=O) groups excluding carboxylic acids is 1. The molecule has 1 heterocycles. The van der Waals surface area contributed by atoms with Crippen LogP contribution in [0.25, 0.3) is 0 Å². The van der Waals surface area contributed by atoms with Gasteiger partial charge in [-0.25, -0.2) is 0 Å². The van der Waals surface area contributed by atoms with E-state index >= 15 is 0 Å². The minimum Gasteiger partial charge on any atom is -0.352 e. The third-order valence-corrected chi connectivity index (χ3v) is 3.06. The van der Waals surface area contributed by atoms with Gasteiger partial charge < -0.3 is 15.2 Å². The van der Waals surface area contributed by atoms with Gasteiger partial charge in [0.1, 0.15) is 6.54 Å². The van der Waals surface area contributed by atoms with Crippen LogP contribution in [0.2, 0.25) is 0 Å². The second-order valence-electron chi connectivity index (χ2n) is 5.42. The van der Waals surface area contributed by atoms with E-state index in [2.05, 4.69) is 44.4 Å². The Morgan fingerprint density at radius 2 is 2.11 bits per heavy atom. The minimum atomic E-state index is 0.0861. The quantitative estimate of drug-likeness (QED) is 0.757. The predicted octanol–water partition coefficient (Wildman–Crippen LogP) is 2.29. The van der Waals surface area contributed by atoms with Gasteiger partial charge in [0.05, 0.1) is 0 Å². The molecule has 0 radical (unpaired) electrons. The topological polar surface area (TPSA) is 46.1 Å². The van der Waals surface area contributed by atoms with Crippen molar-refractivity contribution in [3.05, 3.63) is 24.0 Å². The van der Waals surface area contributed by atoms with Gasteiger partial charge >= 0.3 is 0 Å². The smallest absolute Gasteiger partial charge is 0.240 e. The molecule has 1 amide bonds. The highest BCUT2D eigenvalue weighted by molar-refractivity contribution is 5.76. The lowest BCUT2D eigenvalue weighted by Crippen LogP contribution is -2.35. The van der Waals surface area contributed by atoms with Crippen molar-refractivity contribution in [2.45, 2.75) is 65.7 Å². The molecule has 1 unspecified atom stereocenters. The SMILES string of the molecule is CCCC(C)NC(=O)Cn1cccc1CNC(C)C. The van der Waals surface area contributed by atoms with E-state index < -0.39 is 0 Å². The number of rotatable bonds is 8. The average molecular weight is 265 g/mol. The van der Waals surface area contributed by atoms with E-state index in [9.17, 15) is 4.79 Å². The fourth-order valence-corrected chi connectivity index (χ4v) is 2.05. The van der Waals surface area contributed by atoms with E-state index in [1.807, 2.05) is 16.8 Å². The van der Waals surface area contributed by atoms with Crippen molar-refractivity contribution in [3.8, 4) is 0 Å². The molecule has 2 N–H and O–H groups in total. The van der Waals surface area contributed by atoms with Crippen molar-refractivity contribution in [2.75, 3.05) is 0 Å². The van der Waals surface area contributed by atoms with Crippen molar-refractivity contribution < 1.29 is 4.79 Å². The van der Waals surface area contributed by atoms with Crippen molar-refractivity contribution in [1.82, 2.24) is 15.2 Å². The van der Waals surface area contributed by atoms with Crippen molar-refractivity contribution >= 4 is 5.91 Å². The van der Waals surface area contributed by atoms with E-state index in [0.29, 0.717) is 12.6 Å². The zero-order valence-corrected chi connectivity index (χ0v) is 12.6. The summed E-state index contributed by atoms with van der Waals surface area (Å²) in [5.74, 6) is 0.0861. The first kappa shape index (κ1) is 15.8. The maximum Gasteiger partial charge on any atom is 0.240 e. The largest absolute Gasteiger partial charge is 0.352 e. The molecule has 0 aliphatic carbocycles. The zero-order valence-electron chi connectivity index (χ0n) is 12.6. The van der Waals surface area contributed by atoms with Gasteiger partial charge in [-0.15, -0.1) is 0 Å². The summed E-state index contributed by atoms with van der Waals surface area (Å²) in [5.41, 5.74) is 1.15. The second kappa shape index (κ2) is 8.00. The summed E-state index contributed by atoms with van der Waals surface area (Å²) < 4.78 is 2.00. The minimum absolute atomic E-state index is 0.0861. The first-order valence-corrected chi connectivity index (χ1v) is 7.19. The van der Waals surface area contributed by atoms with Crippen LogP contribution in [0.1, 0.15) is 46.2 Å². The molecular weight excluding hydrogens is 238 g/mol. The highest BCUT2D eigenvalue weighted by atomic mass is 16.2. The molecule has 4 heteroatoms. The van der Waals surface area contributed by atoms with Gasteiger partial charge in [-0.1, -0.05) is 27.2 Å². The van der Waals surface area contributed by atoms with Crippen molar-refractivity contribution in [2.24, 2.45) is 0 Å². The molecule has 1 rings (SSSR count). The van der Waals surface area contributed by atoms with Crippen LogP contribution in [0.3, 0.4) is 0 Å². The normalized spacial score (nSPS) is 12.7. The summed E-state index contributed by atoms with van der Waals surface area (Å²) in [5, 5.41) is 6.40. The number of hydrogen-bond donors (Lipinski definition) is 2. The third-order valence-electron chi connectivity index (χ3n) is 3.06. The average Bonchev–Trinajstić information content (AvgIpc) is 2.73. The molecule has 0 saturated carbocycles. The van der Waals surface area contributed by atoms with E-state index in [0.717, 1.165) is 25.1 Å². The van der Waals surface area contributed by atoms with Crippen LogP contribution in [0.4, 0.5) is 0 Å². The molecule has 0 bridgehead atoms. The van der Waals surface area contributed by atoms with E-state index in [1.165, 1.54) is 0 Å². The summed E-state index contributed by atoms with van der Waals surface area (Å²) in [6.45, 7) is 9.61. The lowest BCUT2D eigenvalue weighted by molar-refractivity contribution is -0.122. The number of hydrogen-bond acceptors (Lipinski definition) is 2. The molecule has 1 aromatic heterocycles. The molecule has 0 saturated heterocycles. The predicted molar refractivity (Wildman–Crippen MR) is 78.9 cm³/mol. The summed E-state index contributed by atoms with van der Waals surface area (Å²) >= 11 is 0. The number of amides is 1. The van der Waals surface area contributed by atoms with Gasteiger partial charge in [0.2, 0.25) is 5.91 Å². The van der Waals surface area contributed by atoms with Gasteiger partial charge in [-0.3, -0.25) is 4.79 Å². The molecule has 108 valence electrons. The molecule has 19 heavy (non-hydrogen) atoms. The lowest BCUT2D eigenvalue weighted by atomic mass is 10.2. The fourth-order valence-electron chi connectivity index (χ4n) is 2.05. The Hall–Kier alpha value is -1.29. The Morgan fingerprint density at radius 3 is 2.74 bits per heavy atom. The van der Waals surface area contributed by atoms with Gasteiger partial charge in [0, 0.05) is 30.5 Å². The molecule has 0 spiro atoms. The summed E-state index contributed by atoms with van der Waals surface area (Å²) in [7, 11) is 0. The van der Waals surface area contributed by atoms with Crippen LogP contribution in [-0.2, 0) is 17.9 Å². The van der Waals surface area contributed by atoms with Gasteiger partial charge in [-0.2, -0.15) is 0 Å². The maximum absolute atomic E-state index is 11.9. The number of carbonyl (C=O) groups is 1. The molecule has 1 atom stereocenters. The van der Waals surface area contributed by atoms with Gasteiger partial charge in [0.15, 0.2) is 0 Å². The van der Waals surface area contributed by atoms with Crippen LogP contribution in [0, 0.1) is 0 Å². The Balaban J connectivity index is 2.48. The van der Waals surface area contributed by atoms with E-state index in [1.54, 1.807) is 0 Å². The number of nitrogens with one attached hydrogen (secondary N) is 2. The first-order valence-electron chi connectivity index (χ1n) is 7.19. The van der Waals surface area contributed by atoms with E-state index in [4.69, 9.17) is 0 Å². The Labute approximate surface area is 116 Å². The standard InChI is InChI=1S/C15H27N3O/c1-5-7-13(4)17-15(19)11-18-9-6-8-14(18)10-16-12(2)3/h6,8-9,12-13,16H,5,7,10-11H2,1-4H3,(H,17,19). The van der Waals surface area contributed by atoms with E-state index in [-0.39, 0.29) is 11.9 Å². The van der Waals surface area contributed by atoms with Gasteiger partial charge in [0.25, 0.3) is 0 Å². The Bertz CT molecular complexity index is 384. The number of aromatic nitrogens is 1. The van der Waals surface area contributed by atoms with Crippen LogP contribution >= 0.6 is 0 Å².